The highest BCUT2D eigenvalue weighted by Crippen LogP contribution is 2.23. The van der Waals surface area contributed by atoms with Crippen LogP contribution in [0.1, 0.15) is 17.5 Å². The number of nitrogens with zero attached hydrogens (tertiary/aromatic N) is 3. The average molecular weight is 366 g/mol. The van der Waals surface area contributed by atoms with Crippen molar-refractivity contribution in [3.8, 4) is 17.3 Å². The molecule has 0 fully saturated rings. The molecule has 140 valence electrons. The number of carbonyl (C=O) groups is 1. The van der Waals surface area contributed by atoms with Gasteiger partial charge in [-0.3, -0.25) is 9.36 Å². The van der Waals surface area contributed by atoms with Crippen LogP contribution in [0.2, 0.25) is 0 Å². The van der Waals surface area contributed by atoms with Crippen LogP contribution in [0, 0.1) is 0 Å². The van der Waals surface area contributed by atoms with Crippen LogP contribution in [0.3, 0.4) is 0 Å². The van der Waals surface area contributed by atoms with E-state index in [1.54, 1.807) is 32.9 Å². The second-order valence-corrected chi connectivity index (χ2v) is 5.99. The van der Waals surface area contributed by atoms with Gasteiger partial charge in [0.2, 0.25) is 5.91 Å². The first-order valence-corrected chi connectivity index (χ1v) is 8.60. The van der Waals surface area contributed by atoms with Gasteiger partial charge in [0.15, 0.2) is 0 Å². The minimum absolute atomic E-state index is 0.0159. The van der Waals surface area contributed by atoms with Gasteiger partial charge in [-0.15, -0.1) is 0 Å². The lowest BCUT2D eigenvalue weighted by molar-refractivity contribution is -0.121. The molecule has 27 heavy (non-hydrogen) atoms. The van der Waals surface area contributed by atoms with Crippen molar-refractivity contribution in [1.82, 2.24) is 19.9 Å². The number of carbonyl (C=O) groups excluding carboxylic acids is 1. The summed E-state index contributed by atoms with van der Waals surface area (Å²) < 4.78 is 12.3. The third kappa shape index (κ3) is 5.07. The normalized spacial score (nSPS) is 10.4. The van der Waals surface area contributed by atoms with Gasteiger partial charge in [-0.05, 0) is 41.8 Å². The highest BCUT2D eigenvalue weighted by atomic mass is 16.5. The second-order valence-electron chi connectivity index (χ2n) is 5.99. The largest absolute Gasteiger partial charge is 0.497 e. The molecule has 0 spiro atoms. The Morgan fingerprint density at radius 1 is 1.07 bits per heavy atom. The number of aryl methyl sites for hydroxylation is 1. The van der Waals surface area contributed by atoms with Gasteiger partial charge in [-0.25, -0.2) is 9.97 Å². The van der Waals surface area contributed by atoms with Crippen LogP contribution in [0.15, 0.2) is 55.2 Å². The maximum absolute atomic E-state index is 12.2. The van der Waals surface area contributed by atoms with E-state index in [0.29, 0.717) is 30.9 Å². The molecule has 3 rings (SSSR count). The van der Waals surface area contributed by atoms with Crippen LogP contribution in [-0.4, -0.2) is 34.7 Å². The lowest BCUT2D eigenvalue weighted by atomic mass is 10.1. The Bertz CT molecular complexity index is 872. The molecular formula is C20H22N4O3. The summed E-state index contributed by atoms with van der Waals surface area (Å²) in [6.45, 7) is 0.449. The van der Waals surface area contributed by atoms with Gasteiger partial charge in [-0.1, -0.05) is 0 Å². The zero-order valence-corrected chi connectivity index (χ0v) is 15.4. The minimum Gasteiger partial charge on any atom is -0.497 e. The van der Waals surface area contributed by atoms with E-state index in [4.69, 9.17) is 9.47 Å². The number of imidazole rings is 1. The molecule has 0 aliphatic rings. The number of aromatic nitrogens is 3. The molecule has 7 heteroatoms. The highest BCUT2D eigenvalue weighted by Gasteiger charge is 2.07. The van der Waals surface area contributed by atoms with Crippen LogP contribution in [0.25, 0.3) is 5.82 Å². The van der Waals surface area contributed by atoms with Crippen LogP contribution in [-0.2, 0) is 17.8 Å². The lowest BCUT2D eigenvalue weighted by Gasteiger charge is -2.09. The first kappa shape index (κ1) is 18.4. The van der Waals surface area contributed by atoms with Crippen molar-refractivity contribution < 1.29 is 14.3 Å². The number of hydrogen-bond donors (Lipinski definition) is 1. The molecule has 1 aromatic carbocycles. The number of ether oxygens (including phenoxy) is 2. The molecule has 3 aromatic rings. The number of methoxy groups -OCH3 is 2. The number of hydrogen-bond acceptors (Lipinski definition) is 5. The first-order chi connectivity index (χ1) is 13.2. The number of amides is 1. The predicted octanol–water partition coefficient (Wildman–Crippen LogP) is 2.53. The molecule has 2 aromatic heterocycles. The second kappa shape index (κ2) is 8.84. The van der Waals surface area contributed by atoms with Gasteiger partial charge in [0.1, 0.15) is 23.6 Å². The van der Waals surface area contributed by atoms with Crippen LogP contribution < -0.4 is 14.8 Å². The summed E-state index contributed by atoms with van der Waals surface area (Å²) in [6.07, 6.45) is 7.93. The quantitative estimate of drug-likeness (QED) is 0.663. The lowest BCUT2D eigenvalue weighted by Crippen LogP contribution is -2.23. The Morgan fingerprint density at radius 3 is 2.52 bits per heavy atom. The van der Waals surface area contributed by atoms with E-state index in [0.717, 1.165) is 16.9 Å². The summed E-state index contributed by atoms with van der Waals surface area (Å²) in [5.74, 6) is 2.18. The summed E-state index contributed by atoms with van der Waals surface area (Å²) in [7, 11) is 3.22. The van der Waals surface area contributed by atoms with Crippen molar-refractivity contribution >= 4 is 5.91 Å². The molecule has 1 amide bonds. The van der Waals surface area contributed by atoms with Gasteiger partial charge in [0.05, 0.1) is 14.2 Å². The van der Waals surface area contributed by atoms with E-state index in [1.165, 1.54) is 0 Å². The summed E-state index contributed by atoms with van der Waals surface area (Å²) in [4.78, 5) is 20.5. The third-order valence-corrected chi connectivity index (χ3v) is 4.12. The molecular weight excluding hydrogens is 344 g/mol. The Balaban J connectivity index is 1.54. The molecule has 0 aliphatic heterocycles. The molecule has 0 unspecified atom stereocenters. The van der Waals surface area contributed by atoms with Crippen molar-refractivity contribution in [2.24, 2.45) is 0 Å². The maximum Gasteiger partial charge on any atom is 0.220 e. The summed E-state index contributed by atoms with van der Waals surface area (Å²) in [5, 5.41) is 2.94. The fourth-order valence-corrected chi connectivity index (χ4v) is 2.66. The molecule has 0 atom stereocenters. The van der Waals surface area contributed by atoms with Gasteiger partial charge in [-0.2, -0.15) is 0 Å². The number of pyridine rings is 1. The molecule has 0 saturated heterocycles. The average Bonchev–Trinajstić information content (AvgIpc) is 3.25. The standard InChI is InChI=1S/C20H22N4O3/c1-26-17-9-15(10-18(12-17)27-2)3-4-20(25)23-13-16-5-6-22-19(11-16)24-8-7-21-14-24/h5-12,14H,3-4,13H2,1-2H3,(H,23,25). The van der Waals surface area contributed by atoms with Crippen molar-refractivity contribution in [2.75, 3.05) is 14.2 Å². The van der Waals surface area contributed by atoms with Crippen molar-refractivity contribution in [1.29, 1.82) is 0 Å². The van der Waals surface area contributed by atoms with E-state index in [-0.39, 0.29) is 5.91 Å². The van der Waals surface area contributed by atoms with E-state index >= 15 is 0 Å². The molecule has 7 nitrogen and oxygen atoms in total. The smallest absolute Gasteiger partial charge is 0.220 e. The minimum atomic E-state index is -0.0159. The Kier molecular flexibility index (Phi) is 6.04. The van der Waals surface area contributed by atoms with Gasteiger partial charge in [0.25, 0.3) is 0 Å². The Hall–Kier alpha value is -3.35. The van der Waals surface area contributed by atoms with E-state index in [2.05, 4.69) is 15.3 Å². The maximum atomic E-state index is 12.2. The Labute approximate surface area is 158 Å². The summed E-state index contributed by atoms with van der Waals surface area (Å²) in [6, 6.07) is 9.44. The SMILES string of the molecule is COc1cc(CCC(=O)NCc2ccnc(-n3ccnc3)c2)cc(OC)c1. The molecule has 0 aliphatic carbocycles. The van der Waals surface area contributed by atoms with Gasteiger partial charge < -0.3 is 14.8 Å². The first-order valence-electron chi connectivity index (χ1n) is 8.60. The van der Waals surface area contributed by atoms with E-state index in [9.17, 15) is 4.79 Å². The van der Waals surface area contributed by atoms with Crippen molar-refractivity contribution in [3.63, 3.8) is 0 Å². The fraction of sp³-hybridized carbons (Fsp3) is 0.250. The number of nitrogens with one attached hydrogen (secondary N) is 1. The van der Waals surface area contributed by atoms with Crippen molar-refractivity contribution in [3.05, 3.63) is 66.4 Å². The van der Waals surface area contributed by atoms with Gasteiger partial charge >= 0.3 is 0 Å². The topological polar surface area (TPSA) is 78.3 Å². The third-order valence-electron chi connectivity index (χ3n) is 4.12. The van der Waals surface area contributed by atoms with Crippen LogP contribution in [0.4, 0.5) is 0 Å². The molecule has 0 bridgehead atoms. The van der Waals surface area contributed by atoms with Gasteiger partial charge in [0, 0.05) is 37.6 Å². The Morgan fingerprint density at radius 2 is 1.85 bits per heavy atom. The molecule has 2 heterocycles. The summed E-state index contributed by atoms with van der Waals surface area (Å²) in [5.41, 5.74) is 1.97. The zero-order chi connectivity index (χ0) is 19.1. The monoisotopic (exact) mass is 366 g/mol. The highest BCUT2D eigenvalue weighted by molar-refractivity contribution is 5.76. The number of rotatable bonds is 8. The molecule has 0 radical (unpaired) electrons. The number of benzene rings is 1. The molecule has 1 N–H and O–H groups in total. The fourth-order valence-electron chi connectivity index (χ4n) is 2.66. The van der Waals surface area contributed by atoms with E-state index in [1.807, 2.05) is 41.1 Å². The van der Waals surface area contributed by atoms with Crippen molar-refractivity contribution in [2.45, 2.75) is 19.4 Å². The molecule has 0 saturated carbocycles. The summed E-state index contributed by atoms with van der Waals surface area (Å²) >= 11 is 0. The van der Waals surface area contributed by atoms with E-state index < -0.39 is 0 Å². The zero-order valence-electron chi connectivity index (χ0n) is 15.4. The predicted molar refractivity (Wildman–Crippen MR) is 101 cm³/mol. The van der Waals surface area contributed by atoms with Crippen LogP contribution >= 0.6 is 0 Å². The van der Waals surface area contributed by atoms with Crippen LogP contribution in [0.5, 0.6) is 11.5 Å².